The summed E-state index contributed by atoms with van der Waals surface area (Å²) in [4.78, 5) is 41.4. The van der Waals surface area contributed by atoms with E-state index in [4.69, 9.17) is 0 Å². The van der Waals surface area contributed by atoms with Gasteiger partial charge in [0.05, 0.1) is 17.9 Å². The monoisotopic (exact) mass is 397 g/mol. The van der Waals surface area contributed by atoms with E-state index in [0.29, 0.717) is 6.54 Å². The molecule has 2 heterocycles. The topological polar surface area (TPSA) is 69.7 Å². The van der Waals surface area contributed by atoms with Gasteiger partial charge in [-0.3, -0.25) is 24.2 Å². The average molecular weight is 398 g/mol. The van der Waals surface area contributed by atoms with Gasteiger partial charge in [0, 0.05) is 19.5 Å². The molecule has 3 amide bonds. The lowest BCUT2D eigenvalue weighted by atomic mass is 9.81. The van der Waals surface area contributed by atoms with Gasteiger partial charge in [0.15, 0.2) is 0 Å². The molecule has 29 heavy (non-hydrogen) atoms. The van der Waals surface area contributed by atoms with E-state index in [1.54, 1.807) is 0 Å². The van der Waals surface area contributed by atoms with Crippen LogP contribution in [-0.2, 0) is 14.4 Å². The van der Waals surface area contributed by atoms with E-state index in [0.717, 1.165) is 38.8 Å². The Morgan fingerprint density at radius 3 is 2.21 bits per heavy atom. The Morgan fingerprint density at radius 1 is 0.966 bits per heavy atom. The van der Waals surface area contributed by atoms with Gasteiger partial charge in [-0.25, -0.2) is 0 Å². The van der Waals surface area contributed by atoms with E-state index in [-0.39, 0.29) is 48.6 Å². The van der Waals surface area contributed by atoms with Crippen LogP contribution in [0.3, 0.4) is 0 Å². The number of nitrogens with one attached hydrogen (secondary N) is 1. The second-order valence-electron chi connectivity index (χ2n) is 8.55. The van der Waals surface area contributed by atoms with Gasteiger partial charge in [0.1, 0.15) is 0 Å². The van der Waals surface area contributed by atoms with Crippen LogP contribution >= 0.6 is 0 Å². The van der Waals surface area contributed by atoms with Crippen LogP contribution in [-0.4, -0.2) is 53.7 Å². The van der Waals surface area contributed by atoms with Crippen molar-refractivity contribution in [3.8, 4) is 0 Å². The molecular formula is C23H31N3O3. The van der Waals surface area contributed by atoms with Gasteiger partial charge in [0.25, 0.3) is 0 Å². The molecule has 2 saturated heterocycles. The van der Waals surface area contributed by atoms with Crippen LogP contribution in [0.2, 0.25) is 0 Å². The first-order valence-corrected chi connectivity index (χ1v) is 11.1. The van der Waals surface area contributed by atoms with Crippen molar-refractivity contribution < 1.29 is 14.4 Å². The molecule has 0 bridgehead atoms. The number of carbonyl (C=O) groups excluding carboxylic acids is 3. The molecule has 6 heteroatoms. The average Bonchev–Trinajstić information content (AvgIpc) is 3.36. The molecule has 3 fully saturated rings. The number of amides is 3. The lowest BCUT2D eigenvalue weighted by Crippen LogP contribution is -2.39. The minimum Gasteiger partial charge on any atom is -0.354 e. The van der Waals surface area contributed by atoms with Crippen LogP contribution in [0.1, 0.15) is 56.6 Å². The van der Waals surface area contributed by atoms with Gasteiger partial charge >= 0.3 is 0 Å². The summed E-state index contributed by atoms with van der Waals surface area (Å²) in [5, 5.41) is 3.04. The second-order valence-corrected chi connectivity index (χ2v) is 8.55. The van der Waals surface area contributed by atoms with Crippen molar-refractivity contribution in [3.05, 3.63) is 35.9 Å². The van der Waals surface area contributed by atoms with E-state index in [2.05, 4.69) is 22.3 Å². The predicted molar refractivity (Wildman–Crippen MR) is 110 cm³/mol. The molecule has 4 rings (SSSR count). The first kappa shape index (κ1) is 20.1. The number of likely N-dealkylation sites (tertiary alicyclic amines) is 2. The first-order valence-electron chi connectivity index (χ1n) is 11.1. The van der Waals surface area contributed by atoms with Crippen molar-refractivity contribution in [2.75, 3.05) is 26.2 Å². The van der Waals surface area contributed by atoms with Gasteiger partial charge in [0.2, 0.25) is 17.7 Å². The molecule has 1 aromatic carbocycles. The summed E-state index contributed by atoms with van der Waals surface area (Å²) in [7, 11) is 0. The molecule has 0 unspecified atom stereocenters. The zero-order chi connectivity index (χ0) is 20.2. The van der Waals surface area contributed by atoms with Crippen LogP contribution in [0.15, 0.2) is 30.3 Å². The standard InChI is InChI=1S/C23H31N3O3/c27-21(12-15-26-22(28)18-10-4-5-11-19(18)23(26)29)24-16-20(25-13-6-7-14-25)17-8-2-1-3-9-17/h1-3,8-9,18-20H,4-7,10-16H2,(H,24,27)/t18-,19+,20-/m1/s1. The van der Waals surface area contributed by atoms with E-state index in [9.17, 15) is 14.4 Å². The van der Waals surface area contributed by atoms with Crippen molar-refractivity contribution in [2.24, 2.45) is 11.8 Å². The Hall–Kier alpha value is -2.21. The summed E-state index contributed by atoms with van der Waals surface area (Å²) >= 11 is 0. The highest BCUT2D eigenvalue weighted by Crippen LogP contribution is 2.38. The van der Waals surface area contributed by atoms with E-state index in [1.807, 2.05) is 18.2 Å². The highest BCUT2D eigenvalue weighted by molar-refractivity contribution is 6.05. The molecule has 0 radical (unpaired) electrons. The van der Waals surface area contributed by atoms with Gasteiger partial charge in [-0.1, -0.05) is 43.2 Å². The molecule has 1 aromatic rings. The second kappa shape index (κ2) is 9.08. The summed E-state index contributed by atoms with van der Waals surface area (Å²) in [5.41, 5.74) is 1.21. The molecule has 1 saturated carbocycles. The third-order valence-corrected chi connectivity index (χ3v) is 6.75. The molecule has 1 aliphatic carbocycles. The SMILES string of the molecule is O=C(CCN1C(=O)[C@H]2CCCC[C@H]2C1=O)NC[C@H](c1ccccc1)N1CCCC1. The van der Waals surface area contributed by atoms with E-state index >= 15 is 0 Å². The minimum atomic E-state index is -0.142. The number of benzene rings is 1. The van der Waals surface area contributed by atoms with Crippen LogP contribution in [0.4, 0.5) is 0 Å². The lowest BCUT2D eigenvalue weighted by molar-refractivity contribution is -0.140. The van der Waals surface area contributed by atoms with Crippen LogP contribution in [0, 0.1) is 11.8 Å². The lowest BCUT2D eigenvalue weighted by Gasteiger charge is -2.28. The molecule has 156 valence electrons. The zero-order valence-electron chi connectivity index (χ0n) is 17.0. The number of fused-ring (bicyclic) bond motifs is 1. The van der Waals surface area contributed by atoms with Crippen molar-refractivity contribution in [3.63, 3.8) is 0 Å². The van der Waals surface area contributed by atoms with Gasteiger partial charge in [-0.15, -0.1) is 0 Å². The van der Waals surface area contributed by atoms with E-state index in [1.165, 1.54) is 23.3 Å². The van der Waals surface area contributed by atoms with Gasteiger partial charge in [-0.05, 0) is 44.3 Å². The molecule has 0 aromatic heterocycles. The Kier molecular flexibility index (Phi) is 6.28. The quantitative estimate of drug-likeness (QED) is 0.718. The molecule has 6 nitrogen and oxygen atoms in total. The van der Waals surface area contributed by atoms with Crippen molar-refractivity contribution in [1.29, 1.82) is 0 Å². The zero-order valence-corrected chi connectivity index (χ0v) is 17.0. The molecule has 3 atom stereocenters. The Labute approximate surface area is 172 Å². The smallest absolute Gasteiger partial charge is 0.233 e. The van der Waals surface area contributed by atoms with Crippen LogP contribution < -0.4 is 5.32 Å². The number of hydrogen-bond donors (Lipinski definition) is 1. The normalized spacial score (nSPS) is 25.9. The fourth-order valence-corrected chi connectivity index (χ4v) is 5.15. The van der Waals surface area contributed by atoms with Crippen molar-refractivity contribution in [1.82, 2.24) is 15.1 Å². The molecular weight excluding hydrogens is 366 g/mol. The van der Waals surface area contributed by atoms with E-state index < -0.39 is 0 Å². The minimum absolute atomic E-state index is 0.0632. The van der Waals surface area contributed by atoms with Gasteiger partial charge in [-0.2, -0.15) is 0 Å². The third-order valence-electron chi connectivity index (χ3n) is 6.75. The Balaban J connectivity index is 1.31. The first-order chi connectivity index (χ1) is 14.1. The summed E-state index contributed by atoms with van der Waals surface area (Å²) in [6.07, 6.45) is 6.23. The van der Waals surface area contributed by atoms with Crippen molar-refractivity contribution in [2.45, 2.75) is 51.0 Å². The fourth-order valence-electron chi connectivity index (χ4n) is 5.15. The van der Waals surface area contributed by atoms with Crippen LogP contribution in [0.25, 0.3) is 0 Å². The summed E-state index contributed by atoms with van der Waals surface area (Å²) in [5.74, 6) is -0.507. The maximum Gasteiger partial charge on any atom is 0.233 e. The molecule has 1 N–H and O–H groups in total. The third kappa shape index (κ3) is 4.37. The van der Waals surface area contributed by atoms with Crippen molar-refractivity contribution >= 4 is 17.7 Å². The summed E-state index contributed by atoms with van der Waals surface area (Å²) in [6, 6.07) is 10.5. The maximum atomic E-state index is 12.6. The number of rotatable bonds is 7. The fraction of sp³-hybridized carbons (Fsp3) is 0.609. The Bertz CT molecular complexity index is 721. The number of imide groups is 1. The Morgan fingerprint density at radius 2 is 1.59 bits per heavy atom. The summed E-state index contributed by atoms with van der Waals surface area (Å²) in [6.45, 7) is 2.86. The summed E-state index contributed by atoms with van der Waals surface area (Å²) < 4.78 is 0. The highest BCUT2D eigenvalue weighted by atomic mass is 16.2. The molecule has 2 aliphatic heterocycles. The van der Waals surface area contributed by atoms with Gasteiger partial charge < -0.3 is 5.32 Å². The number of nitrogens with zero attached hydrogens (tertiary/aromatic N) is 2. The molecule has 0 spiro atoms. The predicted octanol–water partition coefficient (Wildman–Crippen LogP) is 2.50. The maximum absolute atomic E-state index is 12.6. The van der Waals surface area contributed by atoms with Crippen LogP contribution in [0.5, 0.6) is 0 Å². The number of hydrogen-bond acceptors (Lipinski definition) is 4. The largest absolute Gasteiger partial charge is 0.354 e. The highest BCUT2D eigenvalue weighted by Gasteiger charge is 2.47. The number of carbonyl (C=O) groups is 3. The molecule has 3 aliphatic rings.